The zero-order valence-electron chi connectivity index (χ0n) is 22.9. The predicted octanol–water partition coefficient (Wildman–Crippen LogP) is 8.45. The summed E-state index contributed by atoms with van der Waals surface area (Å²) in [5.74, 6) is 1.71. The second-order valence-corrected chi connectivity index (χ2v) is 12.4. The van der Waals surface area contributed by atoms with Gasteiger partial charge in [0.15, 0.2) is 5.13 Å². The number of carbonyl (C=O) groups excluding carboxylic acids is 1. The molecular weight excluding hydrogens is 593 g/mol. The molecule has 0 bridgehead atoms. The molecule has 3 aromatic carbocycles. The molecule has 1 saturated carbocycles. The van der Waals surface area contributed by atoms with Crippen LogP contribution in [0.5, 0.6) is 5.75 Å². The molecule has 2 aliphatic rings. The van der Waals surface area contributed by atoms with Gasteiger partial charge in [-0.15, -0.1) is 0 Å². The van der Waals surface area contributed by atoms with Crippen molar-refractivity contribution in [3.8, 4) is 17.0 Å². The van der Waals surface area contributed by atoms with Crippen LogP contribution in [0.4, 0.5) is 5.13 Å². The zero-order chi connectivity index (χ0) is 28.8. The third kappa shape index (κ3) is 5.23. The number of anilines is 1. The molecule has 2 aromatic heterocycles. The van der Waals surface area contributed by atoms with Gasteiger partial charge in [-0.05, 0) is 79.8 Å². The van der Waals surface area contributed by atoms with Crippen LogP contribution in [0.25, 0.3) is 21.5 Å². The number of thiazole rings is 1. The van der Waals surface area contributed by atoms with Crippen molar-refractivity contribution >= 4 is 55.9 Å². The lowest BCUT2D eigenvalue weighted by molar-refractivity contribution is 0.0526. The Morgan fingerprint density at radius 2 is 1.93 bits per heavy atom. The number of esters is 1. The monoisotopic (exact) mass is 619 g/mol. The molecule has 7 rings (SSSR count). The maximum absolute atomic E-state index is 12.2. The number of benzene rings is 3. The average Bonchev–Trinajstić information content (AvgIpc) is 3.61. The fourth-order valence-electron chi connectivity index (χ4n) is 5.38. The van der Waals surface area contributed by atoms with Crippen LogP contribution < -0.4 is 9.64 Å². The number of hydrogen-bond acceptors (Lipinski definition) is 8. The lowest BCUT2D eigenvalue weighted by Gasteiger charge is -2.28. The summed E-state index contributed by atoms with van der Waals surface area (Å²) in [6.45, 7) is 4.07. The predicted molar refractivity (Wildman–Crippen MR) is 165 cm³/mol. The molecule has 0 atom stereocenters. The zero-order valence-corrected chi connectivity index (χ0v) is 25.2. The van der Waals surface area contributed by atoms with E-state index in [1.165, 1.54) is 11.1 Å². The minimum Gasteiger partial charge on any atom is -0.489 e. The second-order valence-electron chi connectivity index (χ2n) is 10.5. The number of carbonyl (C=O) groups is 1. The summed E-state index contributed by atoms with van der Waals surface area (Å²) in [4.78, 5) is 19.3. The van der Waals surface area contributed by atoms with Crippen molar-refractivity contribution in [2.75, 3.05) is 18.1 Å². The summed E-state index contributed by atoms with van der Waals surface area (Å²) in [6, 6.07) is 17.2. The normalized spacial score (nSPS) is 14.7. The van der Waals surface area contributed by atoms with Crippen LogP contribution in [0, 0.1) is 0 Å². The van der Waals surface area contributed by atoms with Gasteiger partial charge in [0.1, 0.15) is 23.8 Å². The van der Waals surface area contributed by atoms with E-state index in [9.17, 15) is 4.79 Å². The van der Waals surface area contributed by atoms with Crippen molar-refractivity contribution in [1.29, 1.82) is 0 Å². The Morgan fingerprint density at radius 3 is 2.71 bits per heavy atom. The van der Waals surface area contributed by atoms with Gasteiger partial charge in [-0.3, -0.25) is 0 Å². The van der Waals surface area contributed by atoms with E-state index in [0.717, 1.165) is 64.8 Å². The first kappa shape index (κ1) is 27.3. The number of halogens is 2. The Kier molecular flexibility index (Phi) is 7.30. The lowest BCUT2D eigenvalue weighted by Crippen LogP contribution is -2.30. The van der Waals surface area contributed by atoms with Gasteiger partial charge in [0.25, 0.3) is 0 Å². The van der Waals surface area contributed by atoms with E-state index in [2.05, 4.69) is 22.2 Å². The van der Waals surface area contributed by atoms with Crippen LogP contribution in [-0.4, -0.2) is 29.3 Å². The Balaban J connectivity index is 1.08. The topological polar surface area (TPSA) is 77.7 Å². The molecule has 0 N–H and O–H groups in total. The Hall–Kier alpha value is -3.59. The SMILES string of the molecule is CCOC(=O)c1ccc2nc(N3CCc4cc(OCc5c(-c6c(Cl)cccc6Cl)noc5C5CC5)ccc4C3)sc2c1. The fraction of sp³-hybridized carbons (Fsp3) is 0.281. The van der Waals surface area contributed by atoms with Crippen molar-refractivity contribution in [1.82, 2.24) is 10.1 Å². The third-order valence-electron chi connectivity index (χ3n) is 7.70. The number of nitrogens with zero attached hydrogens (tertiary/aromatic N) is 3. The molecule has 1 aliphatic carbocycles. The van der Waals surface area contributed by atoms with Gasteiger partial charge in [0.2, 0.25) is 0 Å². The van der Waals surface area contributed by atoms with Crippen LogP contribution in [0.3, 0.4) is 0 Å². The van der Waals surface area contributed by atoms with E-state index in [4.69, 9.17) is 42.2 Å². The van der Waals surface area contributed by atoms with Gasteiger partial charge in [-0.25, -0.2) is 9.78 Å². The summed E-state index contributed by atoms with van der Waals surface area (Å²) in [6.07, 6.45) is 3.03. The third-order valence-corrected chi connectivity index (χ3v) is 9.41. The first-order valence-electron chi connectivity index (χ1n) is 14.0. The highest BCUT2D eigenvalue weighted by Gasteiger charge is 2.34. The Labute approximate surface area is 257 Å². The average molecular weight is 621 g/mol. The molecule has 7 nitrogen and oxygen atoms in total. The van der Waals surface area contributed by atoms with Gasteiger partial charge >= 0.3 is 5.97 Å². The fourth-order valence-corrected chi connectivity index (χ4v) is 6.98. The van der Waals surface area contributed by atoms with Crippen LogP contribution in [0.2, 0.25) is 10.0 Å². The highest BCUT2D eigenvalue weighted by molar-refractivity contribution is 7.22. The molecule has 1 fully saturated rings. The molecule has 10 heteroatoms. The van der Waals surface area contributed by atoms with E-state index in [-0.39, 0.29) is 5.97 Å². The summed E-state index contributed by atoms with van der Waals surface area (Å²) in [5, 5.41) is 6.38. The van der Waals surface area contributed by atoms with E-state index >= 15 is 0 Å². The quantitative estimate of drug-likeness (QED) is 0.161. The number of rotatable bonds is 8. The van der Waals surface area contributed by atoms with Crippen molar-refractivity contribution in [2.24, 2.45) is 0 Å². The second kappa shape index (κ2) is 11.2. The van der Waals surface area contributed by atoms with Gasteiger partial charge in [0, 0.05) is 24.6 Å². The molecule has 0 saturated heterocycles. The maximum atomic E-state index is 12.2. The van der Waals surface area contributed by atoms with Crippen molar-refractivity contribution in [2.45, 2.75) is 45.3 Å². The van der Waals surface area contributed by atoms with E-state index < -0.39 is 0 Å². The first-order chi connectivity index (χ1) is 20.5. The summed E-state index contributed by atoms with van der Waals surface area (Å²) in [5.41, 5.74) is 6.16. The number of aromatic nitrogens is 2. The van der Waals surface area contributed by atoms with Crippen molar-refractivity contribution < 1.29 is 18.8 Å². The van der Waals surface area contributed by atoms with Gasteiger partial charge in [0.05, 0.1) is 38.0 Å². The summed E-state index contributed by atoms with van der Waals surface area (Å²) < 4.78 is 18.2. The highest BCUT2D eigenvalue weighted by Crippen LogP contribution is 2.46. The van der Waals surface area contributed by atoms with Crippen LogP contribution in [0.15, 0.2) is 59.1 Å². The molecule has 5 aromatic rings. The molecule has 1 aliphatic heterocycles. The first-order valence-corrected chi connectivity index (χ1v) is 15.6. The molecule has 0 radical (unpaired) electrons. The molecule has 3 heterocycles. The molecule has 0 amide bonds. The highest BCUT2D eigenvalue weighted by atomic mass is 35.5. The maximum Gasteiger partial charge on any atom is 0.338 e. The number of fused-ring (bicyclic) bond motifs is 2. The molecule has 0 spiro atoms. The summed E-state index contributed by atoms with van der Waals surface area (Å²) in [7, 11) is 0. The van der Waals surface area contributed by atoms with Crippen LogP contribution in [-0.2, 0) is 24.3 Å². The smallest absolute Gasteiger partial charge is 0.338 e. The minimum absolute atomic E-state index is 0.309. The minimum atomic E-state index is -0.309. The Morgan fingerprint density at radius 1 is 1.10 bits per heavy atom. The van der Waals surface area contributed by atoms with Gasteiger partial charge in [-0.1, -0.05) is 51.8 Å². The number of ether oxygens (including phenoxy) is 2. The van der Waals surface area contributed by atoms with Crippen molar-refractivity contribution in [3.63, 3.8) is 0 Å². The van der Waals surface area contributed by atoms with Gasteiger partial charge < -0.3 is 18.9 Å². The number of hydrogen-bond donors (Lipinski definition) is 0. The molecule has 214 valence electrons. The standard InChI is InChI=1S/C32H27Cl2N3O4S/c1-2-39-31(38)20-9-11-26-27(15-20)42-32(35-26)37-13-12-19-14-22(10-8-21(19)16-37)40-17-23-29(36-41-30(23)18-6-7-18)28-24(33)4-3-5-25(28)34/h3-5,8-11,14-15,18H,2,6-7,12-13,16-17H2,1H3. The lowest BCUT2D eigenvalue weighted by atomic mass is 10.00. The molecular formula is C32H27Cl2N3O4S. The van der Waals surface area contributed by atoms with Gasteiger partial charge in [-0.2, -0.15) is 0 Å². The van der Waals surface area contributed by atoms with E-state index in [0.29, 0.717) is 46.0 Å². The van der Waals surface area contributed by atoms with Crippen LogP contribution in [0.1, 0.15) is 58.5 Å². The Bertz CT molecular complexity index is 1790. The molecule has 42 heavy (non-hydrogen) atoms. The largest absolute Gasteiger partial charge is 0.489 e. The molecule has 0 unspecified atom stereocenters. The van der Waals surface area contributed by atoms with Crippen molar-refractivity contribution in [3.05, 3.63) is 92.7 Å². The summed E-state index contributed by atoms with van der Waals surface area (Å²) >= 11 is 14.6. The van der Waals surface area contributed by atoms with E-state index in [1.807, 2.05) is 24.3 Å². The van der Waals surface area contributed by atoms with Crippen LogP contribution >= 0.6 is 34.5 Å². The van der Waals surface area contributed by atoms with E-state index in [1.54, 1.807) is 36.5 Å².